The van der Waals surface area contributed by atoms with Crippen LogP contribution in [-0.2, 0) is 4.79 Å². The Hall–Kier alpha value is -0.690. The van der Waals surface area contributed by atoms with Gasteiger partial charge in [-0.1, -0.05) is 9.24 Å². The van der Waals surface area contributed by atoms with Gasteiger partial charge in [-0.2, -0.15) is 0 Å². The van der Waals surface area contributed by atoms with Gasteiger partial charge in [-0.3, -0.25) is 9.79 Å². The number of hydrogen-bond donors (Lipinski definition) is 1. The fraction of sp³-hybridized carbons (Fsp3) is 0. The van der Waals surface area contributed by atoms with E-state index in [1.165, 1.54) is 6.20 Å². The van der Waals surface area contributed by atoms with Crippen molar-refractivity contribution in [1.29, 1.82) is 0 Å². The summed E-state index contributed by atoms with van der Waals surface area (Å²) in [4.78, 5) is 13.5. The minimum atomic E-state index is -0.266. The van der Waals surface area contributed by atoms with E-state index in [0.29, 0.717) is 0 Å². The van der Waals surface area contributed by atoms with E-state index in [-0.39, 0.29) is 11.2 Å². The summed E-state index contributed by atoms with van der Waals surface area (Å²) in [6, 6.07) is 0. The lowest BCUT2D eigenvalue weighted by Crippen LogP contribution is -2.02. The van der Waals surface area contributed by atoms with E-state index in [1.54, 1.807) is 0 Å². The smallest absolute Gasteiger partial charge is 0.195 e. The monoisotopic (exact) mass is 130 g/mol. The molecule has 0 radical (unpaired) electrons. The molecular weight excluding hydrogens is 123 g/mol. The quantitative estimate of drug-likeness (QED) is 0.322. The zero-order chi connectivity index (χ0) is 6.57. The Bertz CT molecular complexity index is 141. The van der Waals surface area contributed by atoms with Crippen LogP contribution < -0.4 is 5.73 Å². The predicted octanol–water partition coefficient (Wildman–Crippen LogP) is -0.111. The van der Waals surface area contributed by atoms with Gasteiger partial charge in [0.25, 0.3) is 0 Å². The SMILES string of the molecule is C=N/C=C(\N)C(=O)P. The van der Waals surface area contributed by atoms with Gasteiger partial charge in [0.1, 0.15) is 0 Å². The number of nitrogens with two attached hydrogens (primary N) is 1. The summed E-state index contributed by atoms with van der Waals surface area (Å²) in [5.74, 6) is 0. The molecule has 0 aromatic carbocycles. The van der Waals surface area contributed by atoms with Crippen molar-refractivity contribution in [1.82, 2.24) is 0 Å². The molecule has 3 nitrogen and oxygen atoms in total. The molecule has 44 valence electrons. The lowest BCUT2D eigenvalue weighted by Gasteiger charge is -1.86. The maximum atomic E-state index is 10.2. The van der Waals surface area contributed by atoms with Gasteiger partial charge in [-0.15, -0.1) is 0 Å². The predicted molar refractivity (Wildman–Crippen MR) is 36.5 cm³/mol. The molecule has 1 unspecified atom stereocenters. The second-order valence-electron chi connectivity index (χ2n) is 1.13. The maximum absolute atomic E-state index is 10.2. The molecule has 0 saturated heterocycles. The van der Waals surface area contributed by atoms with Crippen molar-refractivity contribution < 1.29 is 4.79 Å². The number of rotatable bonds is 2. The van der Waals surface area contributed by atoms with Crippen molar-refractivity contribution in [2.75, 3.05) is 0 Å². The van der Waals surface area contributed by atoms with Gasteiger partial charge in [0.2, 0.25) is 0 Å². The third kappa shape index (κ3) is 2.48. The van der Waals surface area contributed by atoms with Crippen molar-refractivity contribution in [3.63, 3.8) is 0 Å². The van der Waals surface area contributed by atoms with Crippen molar-refractivity contribution >= 4 is 21.5 Å². The Morgan fingerprint density at radius 1 is 1.88 bits per heavy atom. The van der Waals surface area contributed by atoms with Crippen molar-refractivity contribution in [2.24, 2.45) is 10.7 Å². The molecule has 2 N–H and O–H groups in total. The Morgan fingerprint density at radius 2 is 2.38 bits per heavy atom. The van der Waals surface area contributed by atoms with Crippen LogP contribution >= 0.6 is 9.24 Å². The molecule has 0 aromatic heterocycles. The molecule has 0 heterocycles. The molecule has 0 bridgehead atoms. The summed E-state index contributed by atoms with van der Waals surface area (Å²) in [6.07, 6.45) is 1.20. The molecule has 0 aliphatic heterocycles. The topological polar surface area (TPSA) is 55.4 Å². The zero-order valence-corrected chi connectivity index (χ0v) is 5.45. The van der Waals surface area contributed by atoms with Gasteiger partial charge < -0.3 is 5.73 Å². The van der Waals surface area contributed by atoms with Crippen LogP contribution in [0.1, 0.15) is 0 Å². The summed E-state index contributed by atoms with van der Waals surface area (Å²) in [7, 11) is 1.93. The van der Waals surface area contributed by atoms with Gasteiger partial charge in [0.05, 0.1) is 11.9 Å². The average molecular weight is 130 g/mol. The Balaban J connectivity index is 3.99. The minimum Gasteiger partial charge on any atom is -0.394 e. The summed E-state index contributed by atoms with van der Waals surface area (Å²) in [5.41, 5.74) is 4.92. The van der Waals surface area contributed by atoms with Gasteiger partial charge in [0, 0.05) is 0 Å². The number of allylic oxidation sites excluding steroid dienone is 1. The van der Waals surface area contributed by atoms with Crippen LogP contribution in [0.3, 0.4) is 0 Å². The van der Waals surface area contributed by atoms with Crippen LogP contribution in [0.25, 0.3) is 0 Å². The minimum absolute atomic E-state index is 0.102. The van der Waals surface area contributed by atoms with Crippen LogP contribution in [0.15, 0.2) is 16.9 Å². The van der Waals surface area contributed by atoms with E-state index in [9.17, 15) is 4.79 Å². The summed E-state index contributed by atoms with van der Waals surface area (Å²) < 4.78 is 0. The van der Waals surface area contributed by atoms with E-state index in [0.717, 1.165) is 0 Å². The average Bonchev–Trinajstić information content (AvgIpc) is 1.67. The number of nitrogens with zero attached hydrogens (tertiary/aromatic N) is 1. The molecule has 0 saturated carbocycles. The molecule has 8 heavy (non-hydrogen) atoms. The number of hydrogen-bond acceptors (Lipinski definition) is 3. The first kappa shape index (κ1) is 7.31. The molecule has 0 spiro atoms. The first-order valence-corrected chi connectivity index (χ1v) is 2.47. The lowest BCUT2D eigenvalue weighted by molar-refractivity contribution is -0.108. The van der Waals surface area contributed by atoms with Crippen LogP contribution in [0.2, 0.25) is 0 Å². The van der Waals surface area contributed by atoms with E-state index >= 15 is 0 Å². The van der Waals surface area contributed by atoms with Crippen LogP contribution in [0, 0.1) is 0 Å². The van der Waals surface area contributed by atoms with Crippen LogP contribution in [0.5, 0.6) is 0 Å². The molecule has 0 aromatic rings. The molecule has 4 heteroatoms. The molecule has 0 aliphatic carbocycles. The second-order valence-corrected chi connectivity index (χ2v) is 1.66. The number of aliphatic imine (C=N–C) groups is 1. The Labute approximate surface area is 49.9 Å². The van der Waals surface area contributed by atoms with Gasteiger partial charge in [-0.05, 0) is 6.72 Å². The standard InChI is InChI=1S/C4H7N2OP/c1-6-2-3(5)4(7)8/h2H,1,5,8H2/b3-2-. The first-order valence-electron chi connectivity index (χ1n) is 1.89. The third-order valence-electron chi connectivity index (χ3n) is 0.515. The Morgan fingerprint density at radius 3 is 2.50 bits per heavy atom. The van der Waals surface area contributed by atoms with Crippen LogP contribution in [-0.4, -0.2) is 12.2 Å². The lowest BCUT2D eigenvalue weighted by atomic mass is 10.5. The molecular formula is C4H7N2OP. The van der Waals surface area contributed by atoms with Crippen molar-refractivity contribution in [3.8, 4) is 0 Å². The van der Waals surface area contributed by atoms with Gasteiger partial charge in [0.15, 0.2) is 5.52 Å². The summed E-state index contributed by atoms with van der Waals surface area (Å²) >= 11 is 0. The van der Waals surface area contributed by atoms with Crippen LogP contribution in [0.4, 0.5) is 0 Å². The molecule has 0 amide bonds. The first-order chi connectivity index (χ1) is 3.68. The van der Waals surface area contributed by atoms with Crippen molar-refractivity contribution in [3.05, 3.63) is 11.9 Å². The second kappa shape index (κ2) is 3.33. The fourth-order valence-corrected chi connectivity index (χ4v) is 0.237. The molecule has 0 fully saturated rings. The number of carbonyl (C=O) groups is 1. The largest absolute Gasteiger partial charge is 0.394 e. The highest BCUT2D eigenvalue weighted by atomic mass is 31.0. The highest BCUT2D eigenvalue weighted by molar-refractivity contribution is 7.41. The van der Waals surface area contributed by atoms with Crippen molar-refractivity contribution in [2.45, 2.75) is 0 Å². The maximum Gasteiger partial charge on any atom is 0.195 e. The zero-order valence-electron chi connectivity index (χ0n) is 4.29. The highest BCUT2D eigenvalue weighted by Crippen LogP contribution is 1.93. The van der Waals surface area contributed by atoms with E-state index in [1.807, 2.05) is 9.24 Å². The van der Waals surface area contributed by atoms with Gasteiger partial charge in [-0.25, -0.2) is 0 Å². The number of carbonyl (C=O) groups excluding carboxylic acids is 1. The molecule has 0 rings (SSSR count). The highest BCUT2D eigenvalue weighted by Gasteiger charge is 1.92. The fourth-order valence-electron chi connectivity index (χ4n) is 0.162. The van der Waals surface area contributed by atoms with E-state index in [2.05, 4.69) is 11.7 Å². The molecule has 1 atom stereocenters. The normalized spacial score (nSPS) is 10.9. The van der Waals surface area contributed by atoms with E-state index < -0.39 is 0 Å². The third-order valence-corrected chi connectivity index (χ3v) is 0.848. The van der Waals surface area contributed by atoms with E-state index in [4.69, 9.17) is 5.73 Å². The summed E-state index contributed by atoms with van der Waals surface area (Å²) in [5, 5.41) is 0. The Kier molecular flexibility index (Phi) is 3.04. The molecule has 0 aliphatic rings. The van der Waals surface area contributed by atoms with Gasteiger partial charge >= 0.3 is 0 Å². The summed E-state index contributed by atoms with van der Waals surface area (Å²) in [6.45, 7) is 3.12.